The molecule has 0 aromatic rings. The van der Waals surface area contributed by atoms with Gasteiger partial charge in [0.15, 0.2) is 5.71 Å². The Bertz CT molecular complexity index is 400. The monoisotopic (exact) mass is 284 g/mol. The molecule has 2 amide bonds. The Labute approximate surface area is 117 Å². The maximum Gasteiger partial charge on any atom is 0.277 e. The standard InChI is InChI=1S/C12H20N4O4/c1-9(14-19-2)11(15-20-3)12(18)16-6-4-10(5-7-16)13-8-17/h8,10H,4-7H2,1-3H3,(H,13,17)/b14-9+,15-11+. The molecule has 1 saturated heterocycles. The van der Waals surface area contributed by atoms with Gasteiger partial charge in [-0.15, -0.1) is 0 Å². The van der Waals surface area contributed by atoms with Crippen LogP contribution in [0.3, 0.4) is 0 Å². The van der Waals surface area contributed by atoms with Crippen molar-refractivity contribution >= 4 is 23.7 Å². The van der Waals surface area contributed by atoms with E-state index in [1.807, 2.05) is 0 Å². The highest BCUT2D eigenvalue weighted by molar-refractivity contribution is 6.66. The number of hydrogen-bond acceptors (Lipinski definition) is 6. The largest absolute Gasteiger partial charge is 0.399 e. The minimum atomic E-state index is -0.255. The lowest BCUT2D eigenvalue weighted by molar-refractivity contribution is -0.125. The van der Waals surface area contributed by atoms with E-state index >= 15 is 0 Å². The van der Waals surface area contributed by atoms with Crippen LogP contribution in [0.25, 0.3) is 0 Å². The van der Waals surface area contributed by atoms with E-state index in [9.17, 15) is 9.59 Å². The molecule has 1 rings (SSSR count). The highest BCUT2D eigenvalue weighted by Crippen LogP contribution is 2.11. The zero-order valence-electron chi connectivity index (χ0n) is 12.0. The molecule has 0 aliphatic carbocycles. The van der Waals surface area contributed by atoms with E-state index in [0.717, 1.165) is 0 Å². The van der Waals surface area contributed by atoms with Gasteiger partial charge in [0.2, 0.25) is 6.41 Å². The lowest BCUT2D eigenvalue weighted by atomic mass is 10.0. The van der Waals surface area contributed by atoms with E-state index < -0.39 is 0 Å². The van der Waals surface area contributed by atoms with Crippen molar-refractivity contribution < 1.29 is 19.3 Å². The molecule has 0 atom stereocenters. The molecular formula is C12H20N4O4. The topological polar surface area (TPSA) is 92.6 Å². The van der Waals surface area contributed by atoms with E-state index in [1.165, 1.54) is 14.2 Å². The lowest BCUT2D eigenvalue weighted by Gasteiger charge is -2.31. The zero-order chi connectivity index (χ0) is 15.0. The zero-order valence-corrected chi connectivity index (χ0v) is 12.0. The van der Waals surface area contributed by atoms with Crippen LogP contribution < -0.4 is 5.32 Å². The molecule has 1 N–H and O–H groups in total. The van der Waals surface area contributed by atoms with Crippen LogP contribution in [0.2, 0.25) is 0 Å². The molecule has 8 heteroatoms. The minimum absolute atomic E-state index is 0.119. The van der Waals surface area contributed by atoms with Crippen LogP contribution in [0.1, 0.15) is 19.8 Å². The van der Waals surface area contributed by atoms with Crippen LogP contribution in [0.4, 0.5) is 0 Å². The van der Waals surface area contributed by atoms with E-state index in [1.54, 1.807) is 11.8 Å². The van der Waals surface area contributed by atoms with E-state index in [0.29, 0.717) is 38.1 Å². The third-order valence-corrected chi connectivity index (χ3v) is 3.04. The van der Waals surface area contributed by atoms with Crippen molar-refractivity contribution in [3.05, 3.63) is 0 Å². The van der Waals surface area contributed by atoms with Gasteiger partial charge >= 0.3 is 0 Å². The average Bonchev–Trinajstić information content (AvgIpc) is 2.45. The molecule has 0 saturated carbocycles. The first-order valence-electron chi connectivity index (χ1n) is 6.32. The highest BCUT2D eigenvalue weighted by Gasteiger charge is 2.27. The van der Waals surface area contributed by atoms with Crippen LogP contribution in [0.5, 0.6) is 0 Å². The molecule has 112 valence electrons. The van der Waals surface area contributed by atoms with E-state index in [-0.39, 0.29) is 17.7 Å². The van der Waals surface area contributed by atoms with Crippen LogP contribution >= 0.6 is 0 Å². The van der Waals surface area contributed by atoms with Gasteiger partial charge in [-0.2, -0.15) is 0 Å². The number of piperidine rings is 1. The highest BCUT2D eigenvalue weighted by atomic mass is 16.6. The smallest absolute Gasteiger partial charge is 0.277 e. The number of hydrogen-bond donors (Lipinski definition) is 1. The van der Waals surface area contributed by atoms with Crippen molar-refractivity contribution in [2.24, 2.45) is 10.3 Å². The summed E-state index contributed by atoms with van der Waals surface area (Å²) in [5.74, 6) is -0.255. The first-order chi connectivity index (χ1) is 9.63. The first kappa shape index (κ1) is 15.9. The van der Waals surface area contributed by atoms with Gasteiger partial charge < -0.3 is 19.9 Å². The number of amides is 2. The Morgan fingerprint density at radius 3 is 2.35 bits per heavy atom. The SMILES string of the molecule is CO/N=C(C)/C(=N\OC)C(=O)N1CCC(NC=O)CC1. The van der Waals surface area contributed by atoms with E-state index in [4.69, 9.17) is 0 Å². The van der Waals surface area contributed by atoms with Crippen LogP contribution in [0, 0.1) is 0 Å². The van der Waals surface area contributed by atoms with Crippen molar-refractivity contribution in [1.29, 1.82) is 0 Å². The van der Waals surface area contributed by atoms with Crippen molar-refractivity contribution in [2.45, 2.75) is 25.8 Å². The number of nitrogens with zero attached hydrogens (tertiary/aromatic N) is 3. The van der Waals surface area contributed by atoms with Gasteiger partial charge in [0.1, 0.15) is 19.9 Å². The number of likely N-dealkylation sites (tertiary alicyclic amines) is 1. The molecule has 1 aliphatic rings. The van der Waals surface area contributed by atoms with Crippen molar-refractivity contribution in [3.63, 3.8) is 0 Å². The fourth-order valence-electron chi connectivity index (χ4n) is 2.03. The number of rotatable bonds is 6. The average molecular weight is 284 g/mol. The number of nitrogens with one attached hydrogen (secondary N) is 1. The number of carbonyl (C=O) groups excluding carboxylic acids is 2. The van der Waals surface area contributed by atoms with Gasteiger partial charge in [-0.3, -0.25) is 9.59 Å². The second-order valence-corrected chi connectivity index (χ2v) is 4.33. The third-order valence-electron chi connectivity index (χ3n) is 3.04. The van der Waals surface area contributed by atoms with Crippen molar-refractivity contribution in [3.8, 4) is 0 Å². The maximum absolute atomic E-state index is 12.4. The molecule has 0 bridgehead atoms. The molecule has 0 unspecified atom stereocenters. The first-order valence-corrected chi connectivity index (χ1v) is 6.32. The summed E-state index contributed by atoms with van der Waals surface area (Å²) in [5.41, 5.74) is 0.476. The second-order valence-electron chi connectivity index (χ2n) is 4.33. The van der Waals surface area contributed by atoms with Gasteiger partial charge in [-0.1, -0.05) is 10.3 Å². The molecule has 1 fully saturated rings. The summed E-state index contributed by atoms with van der Waals surface area (Å²) in [4.78, 5) is 33.7. The minimum Gasteiger partial charge on any atom is -0.399 e. The second kappa shape index (κ2) is 8.13. The molecule has 1 aliphatic heterocycles. The Morgan fingerprint density at radius 2 is 1.85 bits per heavy atom. The Morgan fingerprint density at radius 1 is 1.25 bits per heavy atom. The Hall–Kier alpha value is -2.12. The molecule has 0 aromatic carbocycles. The quantitative estimate of drug-likeness (QED) is 0.413. The summed E-state index contributed by atoms with van der Waals surface area (Å²) in [7, 11) is 2.77. The maximum atomic E-state index is 12.4. The molecule has 0 radical (unpaired) electrons. The third kappa shape index (κ3) is 4.22. The molecule has 0 spiro atoms. The molecule has 20 heavy (non-hydrogen) atoms. The lowest BCUT2D eigenvalue weighted by Crippen LogP contribution is -2.48. The fraction of sp³-hybridized carbons (Fsp3) is 0.667. The van der Waals surface area contributed by atoms with E-state index in [2.05, 4.69) is 25.3 Å². The van der Waals surface area contributed by atoms with Crippen LogP contribution in [-0.2, 0) is 19.3 Å². The van der Waals surface area contributed by atoms with Gasteiger partial charge in [-0.25, -0.2) is 0 Å². The summed E-state index contributed by atoms with van der Waals surface area (Å²) >= 11 is 0. The summed E-state index contributed by atoms with van der Waals surface area (Å²) < 4.78 is 0. The van der Waals surface area contributed by atoms with Gasteiger partial charge in [0.25, 0.3) is 5.91 Å². The van der Waals surface area contributed by atoms with Crippen molar-refractivity contribution in [2.75, 3.05) is 27.3 Å². The normalized spacial score (nSPS) is 17.6. The molecule has 1 heterocycles. The summed E-state index contributed by atoms with van der Waals surface area (Å²) in [6.07, 6.45) is 2.12. The molecule has 8 nitrogen and oxygen atoms in total. The fourth-order valence-corrected chi connectivity index (χ4v) is 2.03. The summed E-state index contributed by atoms with van der Waals surface area (Å²) in [6, 6.07) is 0.119. The van der Waals surface area contributed by atoms with Gasteiger partial charge in [0, 0.05) is 19.1 Å². The Balaban J connectivity index is 2.70. The number of carbonyl (C=O) groups is 2. The summed E-state index contributed by atoms with van der Waals surface area (Å²) in [5, 5.41) is 10.1. The Kier molecular flexibility index (Phi) is 6.48. The summed E-state index contributed by atoms with van der Waals surface area (Å²) in [6.45, 7) is 2.72. The van der Waals surface area contributed by atoms with Crippen LogP contribution in [-0.4, -0.2) is 62.0 Å². The number of oxime groups is 2. The predicted molar refractivity (Wildman–Crippen MR) is 73.4 cm³/mol. The molecule has 0 aromatic heterocycles. The van der Waals surface area contributed by atoms with Gasteiger partial charge in [-0.05, 0) is 19.8 Å². The van der Waals surface area contributed by atoms with Gasteiger partial charge in [0.05, 0.1) is 0 Å². The van der Waals surface area contributed by atoms with Crippen LogP contribution in [0.15, 0.2) is 10.3 Å². The van der Waals surface area contributed by atoms with Crippen molar-refractivity contribution in [1.82, 2.24) is 10.2 Å². The predicted octanol–water partition coefficient (Wildman–Crippen LogP) is -0.252. The molecular weight excluding hydrogens is 264 g/mol.